The molecular weight excluding hydrogens is 221 g/mol. The Morgan fingerprint density at radius 2 is 2.35 bits per heavy atom. The SMILES string of the molecule is Cn1ncc2c(N3CCC(CF)C3)ncnc21. The molecule has 0 bridgehead atoms. The van der Waals surface area contributed by atoms with Crippen LogP contribution in [0.4, 0.5) is 10.2 Å². The predicted octanol–water partition coefficient (Wildman–Crippen LogP) is 1.16. The average Bonchev–Trinajstić information content (AvgIpc) is 2.96. The summed E-state index contributed by atoms with van der Waals surface area (Å²) < 4.78 is 14.4. The Bertz CT molecular complexity index is 538. The fourth-order valence-electron chi connectivity index (χ4n) is 2.35. The fraction of sp³-hybridized carbons (Fsp3) is 0.545. The van der Waals surface area contributed by atoms with Crippen molar-refractivity contribution in [2.24, 2.45) is 13.0 Å². The van der Waals surface area contributed by atoms with E-state index < -0.39 is 0 Å². The Morgan fingerprint density at radius 3 is 3.12 bits per heavy atom. The molecule has 1 aliphatic heterocycles. The second kappa shape index (κ2) is 3.94. The monoisotopic (exact) mass is 235 g/mol. The van der Waals surface area contributed by atoms with Crippen LogP contribution in [0.1, 0.15) is 6.42 Å². The first-order valence-corrected chi connectivity index (χ1v) is 5.73. The molecular formula is C11H14FN5. The molecule has 2 aromatic rings. The highest BCUT2D eigenvalue weighted by molar-refractivity contribution is 5.86. The van der Waals surface area contributed by atoms with Gasteiger partial charge < -0.3 is 4.90 Å². The molecule has 0 amide bonds. The molecule has 1 atom stereocenters. The summed E-state index contributed by atoms with van der Waals surface area (Å²) in [7, 11) is 1.85. The maximum absolute atomic E-state index is 12.6. The van der Waals surface area contributed by atoms with Gasteiger partial charge in [0.25, 0.3) is 0 Å². The van der Waals surface area contributed by atoms with Crippen molar-refractivity contribution in [2.45, 2.75) is 6.42 Å². The molecule has 1 aliphatic rings. The zero-order valence-corrected chi connectivity index (χ0v) is 9.67. The molecule has 0 spiro atoms. The average molecular weight is 235 g/mol. The number of alkyl halides is 1. The molecule has 2 aromatic heterocycles. The molecule has 5 nitrogen and oxygen atoms in total. The highest BCUT2D eigenvalue weighted by Crippen LogP contribution is 2.27. The number of nitrogens with zero attached hydrogens (tertiary/aromatic N) is 5. The highest BCUT2D eigenvalue weighted by atomic mass is 19.1. The van der Waals surface area contributed by atoms with Crippen molar-refractivity contribution < 1.29 is 4.39 Å². The van der Waals surface area contributed by atoms with Gasteiger partial charge in [0.2, 0.25) is 0 Å². The van der Waals surface area contributed by atoms with Crippen LogP contribution in [0.15, 0.2) is 12.5 Å². The summed E-state index contributed by atoms with van der Waals surface area (Å²) in [4.78, 5) is 10.6. The summed E-state index contributed by atoms with van der Waals surface area (Å²) in [6.07, 6.45) is 4.21. The smallest absolute Gasteiger partial charge is 0.163 e. The van der Waals surface area contributed by atoms with Crippen molar-refractivity contribution in [3.8, 4) is 0 Å². The second-order valence-electron chi connectivity index (χ2n) is 4.46. The van der Waals surface area contributed by atoms with Gasteiger partial charge in [0.15, 0.2) is 5.65 Å². The van der Waals surface area contributed by atoms with Gasteiger partial charge in [0, 0.05) is 26.1 Å². The van der Waals surface area contributed by atoms with Gasteiger partial charge >= 0.3 is 0 Å². The number of anilines is 1. The van der Waals surface area contributed by atoms with Gasteiger partial charge in [0.1, 0.15) is 12.1 Å². The van der Waals surface area contributed by atoms with E-state index in [9.17, 15) is 4.39 Å². The van der Waals surface area contributed by atoms with E-state index in [-0.39, 0.29) is 12.6 Å². The molecule has 0 N–H and O–H groups in total. The minimum Gasteiger partial charge on any atom is -0.356 e. The van der Waals surface area contributed by atoms with E-state index >= 15 is 0 Å². The Hall–Kier alpha value is -1.72. The fourth-order valence-corrected chi connectivity index (χ4v) is 2.35. The summed E-state index contributed by atoms with van der Waals surface area (Å²) in [6.45, 7) is 1.34. The van der Waals surface area contributed by atoms with Gasteiger partial charge in [-0.1, -0.05) is 0 Å². The minimum atomic E-state index is -0.252. The quantitative estimate of drug-likeness (QED) is 0.783. The summed E-state index contributed by atoms with van der Waals surface area (Å²) in [6, 6.07) is 0. The largest absolute Gasteiger partial charge is 0.356 e. The van der Waals surface area contributed by atoms with Crippen molar-refractivity contribution in [2.75, 3.05) is 24.7 Å². The predicted molar refractivity (Wildman–Crippen MR) is 62.6 cm³/mol. The third-order valence-electron chi connectivity index (χ3n) is 3.31. The molecule has 0 aliphatic carbocycles. The van der Waals surface area contributed by atoms with Crippen molar-refractivity contribution in [1.29, 1.82) is 0 Å². The van der Waals surface area contributed by atoms with Gasteiger partial charge in [0.05, 0.1) is 18.3 Å². The summed E-state index contributed by atoms with van der Waals surface area (Å²) in [5.74, 6) is 1.01. The standard InChI is InChI=1S/C11H14FN5/c1-16-10-9(5-15-16)11(14-7-13-10)17-3-2-8(4-12)6-17/h5,7-8H,2-4,6H2,1H3. The minimum absolute atomic E-state index is 0.136. The van der Waals surface area contributed by atoms with Crippen LogP contribution < -0.4 is 4.90 Å². The van der Waals surface area contributed by atoms with Crippen LogP contribution in [0.25, 0.3) is 11.0 Å². The van der Waals surface area contributed by atoms with Gasteiger partial charge in [-0.2, -0.15) is 5.10 Å². The number of rotatable bonds is 2. The zero-order valence-electron chi connectivity index (χ0n) is 9.67. The van der Waals surface area contributed by atoms with E-state index in [2.05, 4.69) is 20.0 Å². The van der Waals surface area contributed by atoms with E-state index in [1.165, 1.54) is 0 Å². The van der Waals surface area contributed by atoms with E-state index in [4.69, 9.17) is 0 Å². The lowest BCUT2D eigenvalue weighted by Gasteiger charge is -2.17. The molecule has 90 valence electrons. The topological polar surface area (TPSA) is 46.8 Å². The lowest BCUT2D eigenvalue weighted by atomic mass is 10.1. The number of fused-ring (bicyclic) bond motifs is 1. The molecule has 6 heteroatoms. The van der Waals surface area contributed by atoms with Crippen molar-refractivity contribution in [1.82, 2.24) is 19.7 Å². The lowest BCUT2D eigenvalue weighted by molar-refractivity contribution is 0.385. The van der Waals surface area contributed by atoms with Crippen LogP contribution in [0, 0.1) is 5.92 Å². The van der Waals surface area contributed by atoms with Gasteiger partial charge in [-0.05, 0) is 6.42 Å². The van der Waals surface area contributed by atoms with Crippen molar-refractivity contribution in [3.63, 3.8) is 0 Å². The van der Waals surface area contributed by atoms with Crippen molar-refractivity contribution >= 4 is 16.9 Å². The second-order valence-corrected chi connectivity index (χ2v) is 4.46. The van der Waals surface area contributed by atoms with Gasteiger partial charge in [-0.25, -0.2) is 9.97 Å². The summed E-state index contributed by atoms with van der Waals surface area (Å²) in [5.41, 5.74) is 0.818. The van der Waals surface area contributed by atoms with Crippen LogP contribution in [0.5, 0.6) is 0 Å². The third-order valence-corrected chi connectivity index (χ3v) is 3.31. The number of aryl methyl sites for hydroxylation is 1. The number of aromatic nitrogens is 4. The highest BCUT2D eigenvalue weighted by Gasteiger charge is 2.25. The first-order valence-electron chi connectivity index (χ1n) is 5.73. The first-order chi connectivity index (χ1) is 8.29. The number of hydrogen-bond donors (Lipinski definition) is 0. The molecule has 0 radical (unpaired) electrons. The molecule has 0 saturated carbocycles. The molecule has 3 rings (SSSR count). The van der Waals surface area contributed by atoms with Crippen LogP contribution in [-0.4, -0.2) is 39.5 Å². The lowest BCUT2D eigenvalue weighted by Crippen LogP contribution is -2.21. The molecule has 0 aromatic carbocycles. The summed E-state index contributed by atoms with van der Waals surface area (Å²) >= 11 is 0. The third kappa shape index (κ3) is 1.64. The Balaban J connectivity index is 2.00. The van der Waals surface area contributed by atoms with E-state index in [0.29, 0.717) is 0 Å². The van der Waals surface area contributed by atoms with Crippen molar-refractivity contribution in [3.05, 3.63) is 12.5 Å². The van der Waals surface area contributed by atoms with Crippen LogP contribution >= 0.6 is 0 Å². The zero-order chi connectivity index (χ0) is 11.8. The maximum atomic E-state index is 12.6. The van der Waals surface area contributed by atoms with Gasteiger partial charge in [-0.3, -0.25) is 9.07 Å². The molecule has 1 saturated heterocycles. The van der Waals surface area contributed by atoms with Crippen LogP contribution in [-0.2, 0) is 7.05 Å². The number of halogens is 1. The van der Waals surface area contributed by atoms with E-state index in [1.807, 2.05) is 7.05 Å². The van der Waals surface area contributed by atoms with Crippen LogP contribution in [0.2, 0.25) is 0 Å². The number of hydrogen-bond acceptors (Lipinski definition) is 4. The molecule has 17 heavy (non-hydrogen) atoms. The maximum Gasteiger partial charge on any atom is 0.163 e. The van der Waals surface area contributed by atoms with Gasteiger partial charge in [-0.15, -0.1) is 0 Å². The Kier molecular flexibility index (Phi) is 2.42. The first kappa shape index (κ1) is 10.4. The van der Waals surface area contributed by atoms with E-state index in [0.717, 1.165) is 36.4 Å². The Morgan fingerprint density at radius 1 is 1.47 bits per heavy atom. The molecule has 1 fully saturated rings. The molecule has 3 heterocycles. The van der Waals surface area contributed by atoms with Crippen LogP contribution in [0.3, 0.4) is 0 Å². The summed E-state index contributed by atoms with van der Waals surface area (Å²) in [5, 5.41) is 5.12. The normalized spacial score (nSPS) is 20.4. The Labute approximate surface area is 98.3 Å². The van der Waals surface area contributed by atoms with E-state index in [1.54, 1.807) is 17.2 Å². The molecule has 1 unspecified atom stereocenters.